The van der Waals surface area contributed by atoms with Crippen molar-refractivity contribution in [1.82, 2.24) is 10.3 Å². The summed E-state index contributed by atoms with van der Waals surface area (Å²) in [5, 5.41) is 4.08. The third kappa shape index (κ3) is 2.99. The highest BCUT2D eigenvalue weighted by atomic mass is 16.6. The summed E-state index contributed by atoms with van der Waals surface area (Å²) in [6, 6.07) is 13.4. The molecule has 1 atom stereocenters. The fraction of sp³-hybridized carbons (Fsp3) is 0.273. The fourth-order valence-electron chi connectivity index (χ4n) is 3.65. The molecule has 0 saturated heterocycles. The summed E-state index contributed by atoms with van der Waals surface area (Å²) in [4.78, 5) is 28.4. The molecule has 1 aliphatic heterocycles. The molecule has 0 fully saturated rings. The number of hydrogen-bond donors (Lipinski definition) is 2. The van der Waals surface area contributed by atoms with E-state index in [0.717, 1.165) is 27.7 Å². The lowest BCUT2D eigenvalue weighted by molar-refractivity contribution is -0.139. The van der Waals surface area contributed by atoms with E-state index in [0.29, 0.717) is 18.5 Å². The maximum atomic E-state index is 12.8. The number of aromatic amines is 1. The highest BCUT2D eigenvalue weighted by molar-refractivity contribution is 5.97. The van der Waals surface area contributed by atoms with Gasteiger partial charge in [-0.25, -0.2) is 4.79 Å². The molecule has 5 heteroatoms. The number of carbonyl (C=O) groups excluding carboxylic acids is 2. The lowest BCUT2D eigenvalue weighted by atomic mass is 9.89. The standard InChI is InChI=1S/C22H22N2O3/c1-13-14(2)24-19-9-8-15(10-18(13)19)12-23-21(26)22(3)11-16-6-4-5-7-17(16)20(25)27-22/h4-10,24H,11-12H2,1-3H3,(H,23,26). The van der Waals surface area contributed by atoms with Gasteiger partial charge >= 0.3 is 5.97 Å². The van der Waals surface area contributed by atoms with Crippen LogP contribution in [0.1, 0.15) is 39.7 Å². The highest BCUT2D eigenvalue weighted by Gasteiger charge is 2.42. The van der Waals surface area contributed by atoms with E-state index in [1.807, 2.05) is 31.2 Å². The smallest absolute Gasteiger partial charge is 0.339 e. The van der Waals surface area contributed by atoms with Crippen LogP contribution in [0.2, 0.25) is 0 Å². The normalized spacial score (nSPS) is 18.9. The molecule has 27 heavy (non-hydrogen) atoms. The summed E-state index contributed by atoms with van der Waals surface area (Å²) in [5.41, 5.74) is 4.62. The van der Waals surface area contributed by atoms with E-state index >= 15 is 0 Å². The summed E-state index contributed by atoms with van der Waals surface area (Å²) in [5.74, 6) is -0.734. The van der Waals surface area contributed by atoms with E-state index in [-0.39, 0.29) is 5.91 Å². The molecule has 5 nitrogen and oxygen atoms in total. The van der Waals surface area contributed by atoms with Gasteiger partial charge in [-0.3, -0.25) is 4.79 Å². The van der Waals surface area contributed by atoms with Crippen molar-refractivity contribution in [2.24, 2.45) is 0 Å². The minimum atomic E-state index is -1.20. The molecule has 4 rings (SSSR count). The van der Waals surface area contributed by atoms with Gasteiger partial charge in [0.1, 0.15) is 0 Å². The second kappa shape index (κ2) is 6.27. The first-order valence-corrected chi connectivity index (χ1v) is 9.05. The molecule has 1 aromatic heterocycles. The van der Waals surface area contributed by atoms with Gasteiger partial charge in [0.25, 0.3) is 5.91 Å². The Morgan fingerprint density at radius 1 is 1.22 bits per heavy atom. The van der Waals surface area contributed by atoms with Crippen LogP contribution in [-0.4, -0.2) is 22.5 Å². The number of fused-ring (bicyclic) bond motifs is 2. The quantitative estimate of drug-likeness (QED) is 0.700. The van der Waals surface area contributed by atoms with Crippen LogP contribution in [0.5, 0.6) is 0 Å². The zero-order valence-corrected chi connectivity index (χ0v) is 15.7. The van der Waals surface area contributed by atoms with E-state index < -0.39 is 11.6 Å². The number of benzene rings is 2. The number of H-pyrrole nitrogens is 1. The van der Waals surface area contributed by atoms with Crippen LogP contribution in [0, 0.1) is 13.8 Å². The molecule has 1 unspecified atom stereocenters. The van der Waals surface area contributed by atoms with Crippen molar-refractivity contribution in [3.63, 3.8) is 0 Å². The van der Waals surface area contributed by atoms with Crippen LogP contribution in [-0.2, 0) is 22.5 Å². The Balaban J connectivity index is 1.51. The third-order valence-electron chi connectivity index (χ3n) is 5.39. The Kier molecular flexibility index (Phi) is 4.02. The Hall–Kier alpha value is -3.08. The second-order valence-corrected chi connectivity index (χ2v) is 7.39. The van der Waals surface area contributed by atoms with Gasteiger partial charge in [0, 0.05) is 29.6 Å². The van der Waals surface area contributed by atoms with Gasteiger partial charge in [-0.1, -0.05) is 24.3 Å². The van der Waals surface area contributed by atoms with Gasteiger partial charge in [-0.05, 0) is 55.7 Å². The first-order chi connectivity index (χ1) is 12.9. The fourth-order valence-corrected chi connectivity index (χ4v) is 3.65. The molecule has 0 radical (unpaired) electrons. The van der Waals surface area contributed by atoms with Crippen LogP contribution in [0.4, 0.5) is 0 Å². The average Bonchev–Trinajstić information content (AvgIpc) is 2.93. The number of hydrogen-bond acceptors (Lipinski definition) is 3. The van der Waals surface area contributed by atoms with E-state index in [2.05, 4.69) is 23.3 Å². The molecule has 0 spiro atoms. The number of aryl methyl sites for hydroxylation is 2. The summed E-state index contributed by atoms with van der Waals surface area (Å²) >= 11 is 0. The predicted molar refractivity (Wildman–Crippen MR) is 104 cm³/mol. The minimum absolute atomic E-state index is 0.285. The van der Waals surface area contributed by atoms with Crippen LogP contribution in [0.25, 0.3) is 10.9 Å². The van der Waals surface area contributed by atoms with Crippen LogP contribution < -0.4 is 5.32 Å². The van der Waals surface area contributed by atoms with Gasteiger partial charge < -0.3 is 15.0 Å². The van der Waals surface area contributed by atoms with Crippen LogP contribution in [0.15, 0.2) is 42.5 Å². The van der Waals surface area contributed by atoms with Gasteiger partial charge in [0.2, 0.25) is 0 Å². The van der Waals surface area contributed by atoms with Gasteiger partial charge in [0.15, 0.2) is 5.60 Å². The SMILES string of the molecule is Cc1[nH]c2ccc(CNC(=O)C3(C)Cc4ccccc4C(=O)O3)cc2c1C. The van der Waals surface area contributed by atoms with E-state index in [4.69, 9.17) is 4.74 Å². The topological polar surface area (TPSA) is 71.2 Å². The molecule has 1 aliphatic rings. The zero-order valence-electron chi connectivity index (χ0n) is 15.7. The van der Waals surface area contributed by atoms with Crippen molar-refractivity contribution in [3.05, 3.63) is 70.4 Å². The summed E-state index contributed by atoms with van der Waals surface area (Å²) in [6.07, 6.45) is 0.371. The van der Waals surface area contributed by atoms with Crippen molar-refractivity contribution >= 4 is 22.8 Å². The molecule has 138 valence electrons. The molecule has 2 N–H and O–H groups in total. The Morgan fingerprint density at radius 3 is 2.81 bits per heavy atom. The number of esters is 1. The van der Waals surface area contributed by atoms with Crippen molar-refractivity contribution < 1.29 is 14.3 Å². The molecule has 2 heterocycles. The molecule has 0 aliphatic carbocycles. The van der Waals surface area contributed by atoms with Gasteiger partial charge in [0.05, 0.1) is 5.56 Å². The van der Waals surface area contributed by atoms with Crippen molar-refractivity contribution in [2.45, 2.75) is 39.3 Å². The first-order valence-electron chi connectivity index (χ1n) is 9.05. The van der Waals surface area contributed by atoms with Crippen molar-refractivity contribution in [1.29, 1.82) is 0 Å². The largest absolute Gasteiger partial charge is 0.445 e. The number of amides is 1. The number of nitrogens with one attached hydrogen (secondary N) is 2. The van der Waals surface area contributed by atoms with E-state index in [1.54, 1.807) is 19.1 Å². The van der Waals surface area contributed by atoms with Crippen LogP contribution >= 0.6 is 0 Å². The molecular weight excluding hydrogens is 340 g/mol. The minimum Gasteiger partial charge on any atom is -0.445 e. The van der Waals surface area contributed by atoms with Crippen molar-refractivity contribution in [2.75, 3.05) is 0 Å². The average molecular weight is 362 g/mol. The van der Waals surface area contributed by atoms with Gasteiger partial charge in [-0.15, -0.1) is 0 Å². The highest BCUT2D eigenvalue weighted by Crippen LogP contribution is 2.28. The Morgan fingerprint density at radius 2 is 2.00 bits per heavy atom. The third-order valence-corrected chi connectivity index (χ3v) is 5.39. The van der Waals surface area contributed by atoms with E-state index in [9.17, 15) is 9.59 Å². The number of carbonyl (C=O) groups is 2. The zero-order chi connectivity index (χ0) is 19.2. The van der Waals surface area contributed by atoms with Crippen molar-refractivity contribution in [3.8, 4) is 0 Å². The number of aromatic nitrogens is 1. The van der Waals surface area contributed by atoms with Crippen LogP contribution in [0.3, 0.4) is 0 Å². The molecule has 1 amide bonds. The maximum Gasteiger partial charge on any atom is 0.339 e. The first kappa shape index (κ1) is 17.3. The molecule has 2 aromatic carbocycles. The second-order valence-electron chi connectivity index (χ2n) is 7.39. The maximum absolute atomic E-state index is 12.8. The van der Waals surface area contributed by atoms with E-state index in [1.165, 1.54) is 5.56 Å². The number of rotatable bonds is 3. The lowest BCUT2D eigenvalue weighted by Crippen LogP contribution is -2.51. The number of ether oxygens (including phenoxy) is 1. The molecule has 0 bridgehead atoms. The number of cyclic esters (lactones) is 1. The molecule has 3 aromatic rings. The predicted octanol–water partition coefficient (Wildman–Crippen LogP) is 3.57. The van der Waals surface area contributed by atoms with Gasteiger partial charge in [-0.2, -0.15) is 0 Å². The lowest BCUT2D eigenvalue weighted by Gasteiger charge is -2.33. The summed E-state index contributed by atoms with van der Waals surface area (Å²) in [7, 11) is 0. The Bertz CT molecular complexity index is 1070. The molecular formula is C22H22N2O3. The summed E-state index contributed by atoms with van der Waals surface area (Å²) < 4.78 is 5.49. The molecule has 0 saturated carbocycles. The Labute approximate surface area is 157 Å². The summed E-state index contributed by atoms with van der Waals surface area (Å²) in [6.45, 7) is 6.18. The monoisotopic (exact) mass is 362 g/mol.